The standard InChI is InChI=1S/C17H22N2O3.ClH/c1-2-22-17(21)14-18-10-12-19(13-11-18)16(20)9-8-15-6-4-3-5-7-15;/h3-9H,2,10-14H2,1H3;1H/b9-8+;. The van der Waals surface area contributed by atoms with Crippen molar-refractivity contribution in [3.63, 3.8) is 0 Å². The quantitative estimate of drug-likeness (QED) is 0.607. The van der Waals surface area contributed by atoms with E-state index in [1.807, 2.05) is 41.3 Å². The van der Waals surface area contributed by atoms with Gasteiger partial charge < -0.3 is 9.64 Å². The average molecular weight is 339 g/mol. The monoisotopic (exact) mass is 338 g/mol. The van der Waals surface area contributed by atoms with Crippen LogP contribution in [0.15, 0.2) is 36.4 Å². The van der Waals surface area contributed by atoms with E-state index < -0.39 is 0 Å². The summed E-state index contributed by atoms with van der Waals surface area (Å²) in [4.78, 5) is 27.4. The highest BCUT2D eigenvalue weighted by molar-refractivity contribution is 5.91. The molecule has 23 heavy (non-hydrogen) atoms. The summed E-state index contributed by atoms with van der Waals surface area (Å²) in [5.74, 6) is -0.189. The predicted octanol–water partition coefficient (Wildman–Crippen LogP) is 1.83. The molecule has 0 N–H and O–H groups in total. The first-order chi connectivity index (χ1) is 10.7. The van der Waals surface area contributed by atoms with Crippen molar-refractivity contribution >= 4 is 30.4 Å². The summed E-state index contributed by atoms with van der Waals surface area (Å²) in [6.45, 7) is 5.17. The number of halogens is 1. The van der Waals surface area contributed by atoms with Crippen LogP contribution in [-0.4, -0.2) is 61.0 Å². The number of hydrogen-bond donors (Lipinski definition) is 0. The van der Waals surface area contributed by atoms with Gasteiger partial charge in [-0.25, -0.2) is 0 Å². The van der Waals surface area contributed by atoms with Crippen LogP contribution in [0.3, 0.4) is 0 Å². The zero-order valence-corrected chi connectivity index (χ0v) is 14.1. The van der Waals surface area contributed by atoms with Gasteiger partial charge in [0.2, 0.25) is 5.91 Å². The second kappa shape index (κ2) is 10.0. The Labute approximate surface area is 143 Å². The van der Waals surface area contributed by atoms with Crippen LogP contribution < -0.4 is 0 Å². The zero-order chi connectivity index (χ0) is 15.8. The van der Waals surface area contributed by atoms with Crippen LogP contribution in [0.2, 0.25) is 0 Å². The molecule has 2 rings (SSSR count). The Morgan fingerprint density at radius 3 is 2.39 bits per heavy atom. The number of nitrogens with zero attached hydrogens (tertiary/aromatic N) is 2. The summed E-state index contributed by atoms with van der Waals surface area (Å²) in [7, 11) is 0. The molecule has 1 aliphatic rings. The number of carbonyl (C=O) groups excluding carboxylic acids is 2. The number of benzene rings is 1. The van der Waals surface area contributed by atoms with Crippen LogP contribution in [0.5, 0.6) is 0 Å². The first-order valence-corrected chi connectivity index (χ1v) is 7.59. The van der Waals surface area contributed by atoms with E-state index in [0.29, 0.717) is 39.3 Å². The largest absolute Gasteiger partial charge is 0.465 e. The van der Waals surface area contributed by atoms with E-state index in [9.17, 15) is 9.59 Å². The molecule has 126 valence electrons. The van der Waals surface area contributed by atoms with E-state index in [0.717, 1.165) is 5.56 Å². The molecule has 1 aromatic rings. The van der Waals surface area contributed by atoms with E-state index in [-0.39, 0.29) is 24.3 Å². The molecule has 1 heterocycles. The summed E-state index contributed by atoms with van der Waals surface area (Å²) in [6, 6.07) is 9.75. The Hall–Kier alpha value is -1.85. The topological polar surface area (TPSA) is 49.9 Å². The smallest absolute Gasteiger partial charge is 0.320 e. The second-order valence-corrected chi connectivity index (χ2v) is 5.15. The maximum atomic E-state index is 12.1. The number of rotatable bonds is 5. The van der Waals surface area contributed by atoms with Gasteiger partial charge in [0.1, 0.15) is 0 Å². The minimum absolute atomic E-state index is 0. The highest BCUT2D eigenvalue weighted by Crippen LogP contribution is 2.05. The molecule has 0 aromatic heterocycles. The number of piperazine rings is 1. The van der Waals surface area contributed by atoms with Gasteiger partial charge in [-0.3, -0.25) is 14.5 Å². The lowest BCUT2D eigenvalue weighted by Gasteiger charge is -2.33. The molecule has 1 fully saturated rings. The molecule has 1 saturated heterocycles. The van der Waals surface area contributed by atoms with E-state index in [1.165, 1.54) is 0 Å². The summed E-state index contributed by atoms with van der Waals surface area (Å²) in [5, 5.41) is 0. The lowest BCUT2D eigenvalue weighted by atomic mass is 10.2. The van der Waals surface area contributed by atoms with Crippen molar-refractivity contribution in [1.82, 2.24) is 9.80 Å². The van der Waals surface area contributed by atoms with Crippen molar-refractivity contribution in [2.75, 3.05) is 39.3 Å². The Kier molecular flexibility index (Phi) is 8.37. The molecule has 0 atom stereocenters. The van der Waals surface area contributed by atoms with E-state index >= 15 is 0 Å². The van der Waals surface area contributed by atoms with E-state index in [1.54, 1.807) is 17.9 Å². The molecule has 0 radical (unpaired) electrons. The Bertz CT molecular complexity index is 526. The van der Waals surface area contributed by atoms with E-state index in [4.69, 9.17) is 4.74 Å². The maximum Gasteiger partial charge on any atom is 0.320 e. The highest BCUT2D eigenvalue weighted by Gasteiger charge is 2.21. The third-order valence-corrected chi connectivity index (χ3v) is 3.56. The lowest BCUT2D eigenvalue weighted by molar-refractivity contribution is -0.145. The molecule has 0 spiro atoms. The van der Waals surface area contributed by atoms with Gasteiger partial charge in [-0.2, -0.15) is 0 Å². The molecule has 5 nitrogen and oxygen atoms in total. The van der Waals surface area contributed by atoms with Gasteiger partial charge in [0.25, 0.3) is 0 Å². The first kappa shape index (κ1) is 19.2. The molecule has 1 amide bonds. The Morgan fingerprint density at radius 2 is 1.78 bits per heavy atom. The lowest BCUT2D eigenvalue weighted by Crippen LogP contribution is -2.49. The molecular formula is C17H23ClN2O3. The van der Waals surface area contributed by atoms with Gasteiger partial charge in [0, 0.05) is 32.3 Å². The molecule has 0 aliphatic carbocycles. The second-order valence-electron chi connectivity index (χ2n) is 5.15. The van der Waals surface area contributed by atoms with Crippen LogP contribution in [0.4, 0.5) is 0 Å². The number of carbonyl (C=O) groups is 2. The summed E-state index contributed by atoms with van der Waals surface area (Å²) in [5.41, 5.74) is 1.01. The normalized spacial score (nSPS) is 15.3. The number of hydrogen-bond acceptors (Lipinski definition) is 4. The molecule has 1 aliphatic heterocycles. The van der Waals surface area contributed by atoms with Gasteiger partial charge in [-0.1, -0.05) is 30.3 Å². The van der Waals surface area contributed by atoms with Crippen molar-refractivity contribution in [1.29, 1.82) is 0 Å². The van der Waals surface area contributed by atoms with Crippen LogP contribution in [0.1, 0.15) is 12.5 Å². The Morgan fingerprint density at radius 1 is 1.13 bits per heavy atom. The Balaban J connectivity index is 0.00000264. The van der Waals surface area contributed by atoms with Gasteiger partial charge in [0.15, 0.2) is 0 Å². The van der Waals surface area contributed by atoms with Gasteiger partial charge in [-0.05, 0) is 18.6 Å². The molecular weight excluding hydrogens is 316 g/mol. The average Bonchev–Trinajstić information content (AvgIpc) is 2.54. The molecule has 1 aromatic carbocycles. The third kappa shape index (κ3) is 6.42. The van der Waals surface area contributed by atoms with Crippen molar-refractivity contribution in [3.8, 4) is 0 Å². The predicted molar refractivity (Wildman–Crippen MR) is 92.4 cm³/mol. The number of amides is 1. The molecule has 0 unspecified atom stereocenters. The first-order valence-electron chi connectivity index (χ1n) is 7.59. The third-order valence-electron chi connectivity index (χ3n) is 3.56. The molecule has 0 bridgehead atoms. The van der Waals surface area contributed by atoms with Gasteiger partial charge in [0.05, 0.1) is 13.2 Å². The summed E-state index contributed by atoms with van der Waals surface area (Å²) >= 11 is 0. The zero-order valence-electron chi connectivity index (χ0n) is 13.3. The van der Waals surface area contributed by atoms with Gasteiger partial charge >= 0.3 is 5.97 Å². The SMILES string of the molecule is CCOC(=O)CN1CCN(C(=O)/C=C/c2ccccc2)CC1.Cl. The van der Waals surface area contributed by atoms with Crippen molar-refractivity contribution in [3.05, 3.63) is 42.0 Å². The number of ether oxygens (including phenoxy) is 1. The van der Waals surface area contributed by atoms with Crippen molar-refractivity contribution in [2.24, 2.45) is 0 Å². The van der Waals surface area contributed by atoms with E-state index in [2.05, 4.69) is 0 Å². The molecule has 0 saturated carbocycles. The maximum absolute atomic E-state index is 12.1. The summed E-state index contributed by atoms with van der Waals surface area (Å²) < 4.78 is 4.93. The molecule has 6 heteroatoms. The van der Waals surface area contributed by atoms with Crippen molar-refractivity contribution < 1.29 is 14.3 Å². The number of esters is 1. The van der Waals surface area contributed by atoms with Gasteiger partial charge in [-0.15, -0.1) is 12.4 Å². The highest BCUT2D eigenvalue weighted by atomic mass is 35.5. The van der Waals surface area contributed by atoms with Crippen LogP contribution in [0.25, 0.3) is 6.08 Å². The van der Waals surface area contributed by atoms with Crippen molar-refractivity contribution in [2.45, 2.75) is 6.92 Å². The van der Waals surface area contributed by atoms with Crippen LogP contribution >= 0.6 is 12.4 Å². The minimum atomic E-state index is -0.203. The minimum Gasteiger partial charge on any atom is -0.465 e. The van der Waals surface area contributed by atoms with Crippen LogP contribution in [-0.2, 0) is 14.3 Å². The fourth-order valence-electron chi connectivity index (χ4n) is 2.35. The summed E-state index contributed by atoms with van der Waals surface area (Å²) in [6.07, 6.45) is 3.43. The van der Waals surface area contributed by atoms with Crippen LogP contribution in [0, 0.1) is 0 Å². The fourth-order valence-corrected chi connectivity index (χ4v) is 2.35. The fraction of sp³-hybridized carbons (Fsp3) is 0.412.